The molecule has 0 bridgehead atoms. The molecule has 7 nitrogen and oxygen atoms in total. The van der Waals surface area contributed by atoms with Crippen molar-refractivity contribution in [1.29, 1.82) is 0 Å². The van der Waals surface area contributed by atoms with E-state index in [1.165, 1.54) is 6.07 Å². The molecule has 0 amide bonds. The first-order valence-corrected chi connectivity index (χ1v) is 11.6. The van der Waals surface area contributed by atoms with Crippen LogP contribution in [0.3, 0.4) is 0 Å². The fraction of sp³-hybridized carbons (Fsp3) is 0.103. The van der Waals surface area contributed by atoms with Gasteiger partial charge in [0.15, 0.2) is 0 Å². The summed E-state index contributed by atoms with van der Waals surface area (Å²) < 4.78 is 14.9. The second-order valence-corrected chi connectivity index (χ2v) is 8.84. The number of aryl methyl sites for hydroxylation is 1. The van der Waals surface area contributed by atoms with Crippen LogP contribution in [-0.2, 0) is 6.54 Å². The molecule has 4 heterocycles. The molecule has 0 spiro atoms. The molecular formula is C29H24FN7. The number of aromatic amines is 2. The van der Waals surface area contributed by atoms with Gasteiger partial charge in [0, 0.05) is 50.6 Å². The highest BCUT2D eigenvalue weighted by Crippen LogP contribution is 2.37. The van der Waals surface area contributed by atoms with Gasteiger partial charge in [0.05, 0.1) is 29.2 Å². The fourth-order valence-electron chi connectivity index (χ4n) is 4.83. The number of fused-ring (bicyclic) bond motifs is 6. The lowest BCUT2D eigenvalue weighted by Crippen LogP contribution is -2.06. The summed E-state index contributed by atoms with van der Waals surface area (Å²) in [5.41, 5.74) is 7.97. The van der Waals surface area contributed by atoms with Crippen LogP contribution in [0.2, 0.25) is 0 Å². The van der Waals surface area contributed by atoms with Gasteiger partial charge in [0.2, 0.25) is 5.95 Å². The van der Waals surface area contributed by atoms with Gasteiger partial charge in [-0.3, -0.25) is 10.1 Å². The molecule has 3 aromatic heterocycles. The Kier molecular flexibility index (Phi) is 5.30. The summed E-state index contributed by atoms with van der Waals surface area (Å²) in [7, 11) is 0. The summed E-state index contributed by atoms with van der Waals surface area (Å²) in [6.07, 6.45) is 1.78. The predicted molar refractivity (Wildman–Crippen MR) is 146 cm³/mol. The Morgan fingerprint density at radius 1 is 0.973 bits per heavy atom. The molecule has 1 aliphatic heterocycles. The zero-order valence-electron chi connectivity index (χ0n) is 19.3. The van der Waals surface area contributed by atoms with E-state index in [1.807, 2.05) is 55.5 Å². The number of aromatic nitrogens is 5. The molecule has 3 aromatic carbocycles. The smallest absolute Gasteiger partial charge is 0.227 e. The van der Waals surface area contributed by atoms with E-state index < -0.39 is 0 Å². The van der Waals surface area contributed by atoms with Crippen molar-refractivity contribution >= 4 is 39.2 Å². The Morgan fingerprint density at radius 3 is 2.70 bits per heavy atom. The molecule has 0 radical (unpaired) electrons. The number of aliphatic imine (C=N–C) groups is 1. The van der Waals surface area contributed by atoms with E-state index in [4.69, 9.17) is 9.98 Å². The summed E-state index contributed by atoms with van der Waals surface area (Å²) in [5.74, 6) is 0.148. The Labute approximate surface area is 212 Å². The quantitative estimate of drug-likeness (QED) is 0.258. The molecule has 8 heteroatoms. The number of hydrogen-bond donors (Lipinski definition) is 3. The molecule has 3 N–H and O–H groups in total. The molecule has 0 fully saturated rings. The Balaban J connectivity index is 0.00000252. The summed E-state index contributed by atoms with van der Waals surface area (Å²) in [6.45, 7) is 2.34. The van der Waals surface area contributed by atoms with Gasteiger partial charge in [0.25, 0.3) is 0 Å². The topological polar surface area (TPSA) is 94.6 Å². The third-order valence-corrected chi connectivity index (χ3v) is 6.58. The first-order chi connectivity index (χ1) is 17.7. The minimum Gasteiger partial charge on any atom is -0.353 e. The van der Waals surface area contributed by atoms with Crippen molar-refractivity contribution in [2.45, 2.75) is 20.9 Å². The molecule has 0 unspecified atom stereocenters. The van der Waals surface area contributed by atoms with Gasteiger partial charge in [-0.05, 0) is 43.3 Å². The molecular weight excluding hydrogens is 465 g/mol. The van der Waals surface area contributed by atoms with Crippen molar-refractivity contribution < 1.29 is 4.39 Å². The van der Waals surface area contributed by atoms with Crippen LogP contribution in [0.15, 0.2) is 77.9 Å². The van der Waals surface area contributed by atoms with Gasteiger partial charge in [0.1, 0.15) is 5.82 Å². The Bertz CT molecular complexity index is 1830. The minimum absolute atomic E-state index is 0. The largest absolute Gasteiger partial charge is 0.353 e. The number of rotatable bonds is 3. The molecule has 0 atom stereocenters. The standard InChI is InChI=1S/C28H20FN7.CH4/c1-15-18-11-10-17(12-23(18)36-35-15)32-28-31-14-16-13-30-26(19-6-2-4-8-21(19)29)24-20-7-3-5-9-22(20)33-27(24)25(16)34-28;/h2-12,14,33H,13H2,1H3,(H,35,36)(H,31,32,34);1H4. The number of hydrogen-bond acceptors (Lipinski definition) is 5. The summed E-state index contributed by atoms with van der Waals surface area (Å²) >= 11 is 0. The van der Waals surface area contributed by atoms with E-state index in [1.54, 1.807) is 18.3 Å². The molecule has 182 valence electrons. The molecule has 0 aliphatic carbocycles. The first kappa shape index (κ1) is 22.6. The summed E-state index contributed by atoms with van der Waals surface area (Å²) in [4.78, 5) is 17.8. The highest BCUT2D eigenvalue weighted by Gasteiger charge is 2.26. The average molecular weight is 490 g/mol. The van der Waals surface area contributed by atoms with E-state index >= 15 is 0 Å². The maximum absolute atomic E-state index is 14.9. The van der Waals surface area contributed by atoms with Gasteiger partial charge >= 0.3 is 0 Å². The Morgan fingerprint density at radius 2 is 1.81 bits per heavy atom. The highest BCUT2D eigenvalue weighted by molar-refractivity contribution is 6.23. The third kappa shape index (κ3) is 3.65. The van der Waals surface area contributed by atoms with Crippen LogP contribution in [0.5, 0.6) is 0 Å². The van der Waals surface area contributed by atoms with E-state index in [2.05, 4.69) is 25.5 Å². The normalized spacial score (nSPS) is 12.4. The number of nitrogens with one attached hydrogen (secondary N) is 3. The average Bonchev–Trinajstić information content (AvgIpc) is 3.42. The van der Waals surface area contributed by atoms with Crippen LogP contribution in [-0.4, -0.2) is 30.9 Å². The first-order valence-electron chi connectivity index (χ1n) is 11.6. The number of benzene rings is 3. The van der Waals surface area contributed by atoms with Gasteiger partial charge in [-0.2, -0.15) is 5.10 Å². The summed E-state index contributed by atoms with van der Waals surface area (Å²) in [6, 6.07) is 20.7. The molecule has 6 aromatic rings. The van der Waals surface area contributed by atoms with Gasteiger partial charge in [-0.25, -0.2) is 14.4 Å². The molecule has 0 saturated heterocycles. The molecule has 0 saturated carbocycles. The van der Waals surface area contributed by atoms with Crippen molar-refractivity contribution in [3.63, 3.8) is 0 Å². The number of halogens is 1. The zero-order valence-corrected chi connectivity index (χ0v) is 19.3. The van der Waals surface area contributed by atoms with Crippen molar-refractivity contribution in [1.82, 2.24) is 25.1 Å². The molecule has 7 rings (SSSR count). The van der Waals surface area contributed by atoms with E-state index in [-0.39, 0.29) is 13.2 Å². The van der Waals surface area contributed by atoms with E-state index in [9.17, 15) is 4.39 Å². The lowest BCUT2D eigenvalue weighted by molar-refractivity contribution is 0.625. The predicted octanol–water partition coefficient (Wildman–Crippen LogP) is 6.68. The van der Waals surface area contributed by atoms with Crippen molar-refractivity contribution in [2.24, 2.45) is 4.99 Å². The lowest BCUT2D eigenvalue weighted by atomic mass is 9.98. The van der Waals surface area contributed by atoms with E-state index in [0.717, 1.165) is 55.7 Å². The van der Waals surface area contributed by atoms with Crippen molar-refractivity contribution in [3.8, 4) is 11.4 Å². The number of H-pyrrole nitrogens is 2. The van der Waals surface area contributed by atoms with Crippen LogP contribution in [0.1, 0.15) is 29.8 Å². The minimum atomic E-state index is -0.309. The van der Waals surface area contributed by atoms with Gasteiger partial charge in [-0.1, -0.05) is 37.8 Å². The van der Waals surface area contributed by atoms with Crippen molar-refractivity contribution in [3.05, 3.63) is 101 Å². The molecule has 1 aliphatic rings. The number of para-hydroxylation sites is 1. The van der Waals surface area contributed by atoms with Crippen LogP contribution in [0.25, 0.3) is 33.2 Å². The van der Waals surface area contributed by atoms with Crippen LogP contribution < -0.4 is 5.32 Å². The second-order valence-electron chi connectivity index (χ2n) is 8.84. The Hall–Kier alpha value is -4.85. The zero-order chi connectivity index (χ0) is 24.2. The monoisotopic (exact) mass is 489 g/mol. The SMILES string of the molecule is C.Cc1[nH]nc2cc(Nc3ncc4c(n3)-c3[nH]c5ccccc5c3C(c3ccccc3F)=NC4)ccc12. The highest BCUT2D eigenvalue weighted by atomic mass is 19.1. The number of anilines is 2. The van der Waals surface area contributed by atoms with E-state index in [0.29, 0.717) is 23.8 Å². The van der Waals surface area contributed by atoms with Crippen LogP contribution in [0.4, 0.5) is 16.0 Å². The van der Waals surface area contributed by atoms with Gasteiger partial charge in [-0.15, -0.1) is 0 Å². The fourth-order valence-corrected chi connectivity index (χ4v) is 4.83. The third-order valence-electron chi connectivity index (χ3n) is 6.58. The second kappa shape index (κ2) is 8.67. The number of nitrogens with zero attached hydrogens (tertiary/aromatic N) is 4. The van der Waals surface area contributed by atoms with Gasteiger partial charge < -0.3 is 10.3 Å². The molecule has 37 heavy (non-hydrogen) atoms. The maximum atomic E-state index is 14.9. The lowest BCUT2D eigenvalue weighted by Gasteiger charge is -2.10. The van der Waals surface area contributed by atoms with Crippen LogP contribution >= 0.6 is 0 Å². The maximum Gasteiger partial charge on any atom is 0.227 e. The summed E-state index contributed by atoms with van der Waals surface area (Å²) in [5, 5.41) is 12.7. The van der Waals surface area contributed by atoms with Crippen LogP contribution in [0, 0.1) is 12.7 Å². The van der Waals surface area contributed by atoms with Crippen molar-refractivity contribution in [2.75, 3.05) is 5.32 Å².